The number of halogens is 1. The summed E-state index contributed by atoms with van der Waals surface area (Å²) in [5.74, 6) is -0.235. The average Bonchev–Trinajstić information content (AvgIpc) is 2.51. The summed E-state index contributed by atoms with van der Waals surface area (Å²) in [5.41, 5.74) is 1.30. The first-order chi connectivity index (χ1) is 10.0. The van der Waals surface area contributed by atoms with E-state index in [2.05, 4.69) is 0 Å². The molecule has 1 aliphatic rings. The minimum Gasteiger partial charge on any atom is -0.512 e. The summed E-state index contributed by atoms with van der Waals surface area (Å²) >= 11 is 0. The van der Waals surface area contributed by atoms with Gasteiger partial charge in [-0.1, -0.05) is 32.9 Å². The van der Waals surface area contributed by atoms with Crippen molar-refractivity contribution >= 4 is 5.91 Å². The number of nitrogens with zero attached hydrogens (tertiary/aromatic N) is 1. The third-order valence-electron chi connectivity index (χ3n) is 3.62. The number of rotatable bonds is 3. The van der Waals surface area contributed by atoms with Crippen molar-refractivity contribution in [3.05, 3.63) is 47.0 Å². The number of aliphatic hydroxyl groups is 1. The summed E-state index contributed by atoms with van der Waals surface area (Å²) in [4.78, 5) is 14.0. The fraction of sp³-hybridized carbons (Fsp3) is 0.471. The number of carbonyl (C=O) groups excluding carboxylic acids is 1. The normalized spacial score (nSPS) is 18.4. The van der Waals surface area contributed by atoms with Crippen molar-refractivity contribution in [1.29, 1.82) is 0 Å². The second-order valence-electron chi connectivity index (χ2n) is 4.90. The van der Waals surface area contributed by atoms with Gasteiger partial charge in [0, 0.05) is 19.0 Å². The summed E-state index contributed by atoms with van der Waals surface area (Å²) in [7, 11) is 0. The van der Waals surface area contributed by atoms with E-state index < -0.39 is 0 Å². The number of hydrogen-bond donors (Lipinski definition) is 1. The zero-order valence-electron chi connectivity index (χ0n) is 13.2. The molecule has 0 bridgehead atoms. The Bertz CT molecular complexity index is 508. The van der Waals surface area contributed by atoms with Crippen LogP contribution in [-0.4, -0.2) is 22.0 Å². The molecule has 1 aromatic rings. The van der Waals surface area contributed by atoms with Crippen LogP contribution in [0.2, 0.25) is 0 Å². The second kappa shape index (κ2) is 7.81. The van der Waals surface area contributed by atoms with Gasteiger partial charge in [0.05, 0.1) is 5.57 Å². The van der Waals surface area contributed by atoms with Crippen LogP contribution in [-0.2, 0) is 11.3 Å². The van der Waals surface area contributed by atoms with E-state index in [1.807, 2.05) is 20.8 Å². The van der Waals surface area contributed by atoms with Gasteiger partial charge in [0.1, 0.15) is 11.6 Å². The summed E-state index contributed by atoms with van der Waals surface area (Å²) < 4.78 is 12.9. The van der Waals surface area contributed by atoms with E-state index in [-0.39, 0.29) is 23.5 Å². The molecule has 1 aliphatic heterocycles. The summed E-state index contributed by atoms with van der Waals surface area (Å²) in [6.45, 7) is 8.08. The Morgan fingerprint density at radius 3 is 2.38 bits per heavy atom. The molecule has 1 heterocycles. The van der Waals surface area contributed by atoms with E-state index in [9.17, 15) is 14.3 Å². The first kappa shape index (κ1) is 17.2. The highest BCUT2D eigenvalue weighted by Gasteiger charge is 2.31. The van der Waals surface area contributed by atoms with Crippen molar-refractivity contribution < 1.29 is 14.3 Å². The number of aliphatic hydroxyl groups excluding tert-OH is 1. The molecule has 1 aromatic carbocycles. The summed E-state index contributed by atoms with van der Waals surface area (Å²) in [5, 5.41) is 9.75. The average molecular weight is 293 g/mol. The monoisotopic (exact) mass is 293 g/mol. The van der Waals surface area contributed by atoms with E-state index in [4.69, 9.17) is 0 Å². The molecule has 4 heteroatoms. The number of benzene rings is 1. The summed E-state index contributed by atoms with van der Waals surface area (Å²) in [6.07, 6.45) is 1.28. The fourth-order valence-electron chi connectivity index (χ4n) is 2.34. The molecule has 1 amide bonds. The van der Waals surface area contributed by atoms with E-state index in [0.29, 0.717) is 18.5 Å². The highest BCUT2D eigenvalue weighted by atomic mass is 19.1. The maximum atomic E-state index is 12.9. The van der Waals surface area contributed by atoms with Gasteiger partial charge in [-0.05, 0) is 31.0 Å². The molecule has 0 aliphatic carbocycles. The van der Waals surface area contributed by atoms with Gasteiger partial charge in [0.2, 0.25) is 0 Å². The van der Waals surface area contributed by atoms with Crippen LogP contribution in [0, 0.1) is 5.82 Å². The van der Waals surface area contributed by atoms with Crippen molar-refractivity contribution in [2.75, 3.05) is 0 Å². The number of amides is 1. The second-order valence-corrected chi connectivity index (χ2v) is 4.90. The first-order valence-corrected chi connectivity index (χ1v) is 7.47. The number of carbonyl (C=O) groups is 1. The van der Waals surface area contributed by atoms with Crippen molar-refractivity contribution in [3.63, 3.8) is 0 Å². The molecule has 1 N–H and O–H groups in total. The molecule has 1 atom stereocenters. The molecule has 0 saturated heterocycles. The Balaban J connectivity index is 0.00000106. The van der Waals surface area contributed by atoms with Gasteiger partial charge in [0.15, 0.2) is 0 Å². The SMILES string of the molecule is CC.CC[C@H]1CC(O)=C(C)C(=O)N1Cc1ccc(F)cc1. The Labute approximate surface area is 126 Å². The molecule has 0 spiro atoms. The van der Waals surface area contributed by atoms with Gasteiger partial charge < -0.3 is 10.0 Å². The predicted molar refractivity (Wildman–Crippen MR) is 82.3 cm³/mol. The Morgan fingerprint density at radius 2 is 1.86 bits per heavy atom. The molecule has 0 aromatic heterocycles. The standard InChI is InChI=1S/C15H18FNO2.C2H6/c1-3-13-8-14(18)10(2)15(19)17(13)9-11-4-6-12(16)7-5-11;1-2/h4-7,13,18H,3,8-9H2,1-2H3;1-2H3/t13-;/m0./s1. The summed E-state index contributed by atoms with van der Waals surface area (Å²) in [6, 6.07) is 6.16. The van der Waals surface area contributed by atoms with E-state index in [1.54, 1.807) is 24.0 Å². The first-order valence-electron chi connectivity index (χ1n) is 7.47. The molecule has 0 saturated carbocycles. The Kier molecular flexibility index (Phi) is 6.40. The lowest BCUT2D eigenvalue weighted by Crippen LogP contribution is -2.43. The maximum absolute atomic E-state index is 12.9. The minimum atomic E-state index is -0.283. The molecule has 0 radical (unpaired) electrons. The molecule has 116 valence electrons. The lowest BCUT2D eigenvalue weighted by atomic mass is 9.98. The number of hydrogen-bond acceptors (Lipinski definition) is 2. The lowest BCUT2D eigenvalue weighted by Gasteiger charge is -2.35. The highest BCUT2D eigenvalue weighted by molar-refractivity contribution is 5.94. The molecule has 21 heavy (non-hydrogen) atoms. The van der Waals surface area contributed by atoms with Crippen LogP contribution in [0.4, 0.5) is 4.39 Å². The zero-order valence-corrected chi connectivity index (χ0v) is 13.2. The van der Waals surface area contributed by atoms with Crippen LogP contribution >= 0.6 is 0 Å². The predicted octanol–water partition coefficient (Wildman–Crippen LogP) is 4.19. The van der Waals surface area contributed by atoms with Crippen LogP contribution in [0.15, 0.2) is 35.6 Å². The molecule has 0 fully saturated rings. The van der Waals surface area contributed by atoms with Gasteiger partial charge in [-0.2, -0.15) is 0 Å². The van der Waals surface area contributed by atoms with Crippen LogP contribution in [0.5, 0.6) is 0 Å². The van der Waals surface area contributed by atoms with E-state index in [0.717, 1.165) is 12.0 Å². The quantitative estimate of drug-likeness (QED) is 0.907. The largest absolute Gasteiger partial charge is 0.512 e. The van der Waals surface area contributed by atoms with Gasteiger partial charge in [0.25, 0.3) is 5.91 Å². The van der Waals surface area contributed by atoms with Gasteiger partial charge in [-0.3, -0.25) is 4.79 Å². The third kappa shape index (κ3) is 4.06. The van der Waals surface area contributed by atoms with Crippen molar-refractivity contribution in [1.82, 2.24) is 4.90 Å². The maximum Gasteiger partial charge on any atom is 0.253 e. The van der Waals surface area contributed by atoms with E-state index in [1.165, 1.54) is 12.1 Å². The van der Waals surface area contributed by atoms with Crippen LogP contribution < -0.4 is 0 Å². The third-order valence-corrected chi connectivity index (χ3v) is 3.62. The Hall–Kier alpha value is -1.84. The lowest BCUT2D eigenvalue weighted by molar-refractivity contribution is -0.131. The van der Waals surface area contributed by atoms with Crippen LogP contribution in [0.3, 0.4) is 0 Å². The van der Waals surface area contributed by atoms with Gasteiger partial charge >= 0.3 is 0 Å². The van der Waals surface area contributed by atoms with Crippen molar-refractivity contribution in [2.45, 2.75) is 53.1 Å². The van der Waals surface area contributed by atoms with Gasteiger partial charge in [-0.25, -0.2) is 4.39 Å². The molecular weight excluding hydrogens is 269 g/mol. The minimum absolute atomic E-state index is 0.00116. The molecule has 2 rings (SSSR count). The van der Waals surface area contributed by atoms with Crippen LogP contribution in [0.1, 0.15) is 46.1 Å². The van der Waals surface area contributed by atoms with E-state index >= 15 is 0 Å². The zero-order chi connectivity index (χ0) is 16.0. The Morgan fingerprint density at radius 1 is 1.29 bits per heavy atom. The molecule has 3 nitrogen and oxygen atoms in total. The molecule has 0 unspecified atom stereocenters. The molecular formula is C17H24FNO2. The van der Waals surface area contributed by atoms with Crippen LogP contribution in [0.25, 0.3) is 0 Å². The topological polar surface area (TPSA) is 40.5 Å². The van der Waals surface area contributed by atoms with Crippen molar-refractivity contribution in [3.8, 4) is 0 Å². The van der Waals surface area contributed by atoms with Gasteiger partial charge in [-0.15, -0.1) is 0 Å². The van der Waals surface area contributed by atoms with Crippen molar-refractivity contribution in [2.24, 2.45) is 0 Å². The fourth-order valence-corrected chi connectivity index (χ4v) is 2.34. The highest BCUT2D eigenvalue weighted by Crippen LogP contribution is 2.26. The smallest absolute Gasteiger partial charge is 0.253 e.